The molecule has 152 valence electrons. The van der Waals surface area contributed by atoms with Gasteiger partial charge in [-0.2, -0.15) is 0 Å². The highest BCUT2D eigenvalue weighted by atomic mass is 35.5. The van der Waals surface area contributed by atoms with Gasteiger partial charge in [0, 0.05) is 23.5 Å². The number of nitrogens with two attached hydrogens (primary N) is 1. The first-order valence-electron chi connectivity index (χ1n) is 9.66. The van der Waals surface area contributed by atoms with Crippen LogP contribution < -0.4 is 5.73 Å². The van der Waals surface area contributed by atoms with E-state index in [1.165, 1.54) is 0 Å². The maximum Gasteiger partial charge on any atom is 0.230 e. The van der Waals surface area contributed by atoms with E-state index in [0.717, 1.165) is 30.5 Å². The van der Waals surface area contributed by atoms with Crippen LogP contribution in [0.3, 0.4) is 0 Å². The molecule has 3 rings (SSSR count). The van der Waals surface area contributed by atoms with Gasteiger partial charge in [-0.05, 0) is 37.6 Å². The van der Waals surface area contributed by atoms with Gasteiger partial charge < -0.3 is 15.8 Å². The molecule has 3 aromatic rings. The Bertz CT molecular complexity index is 1000. The standard InChI is InChI=1S/C22H25ClN4O2/c1-3-4-5-10-22(2,20(24)29)21-26-18(14-8-11-25-12-9-14)19(27-21)15-6-7-16(23)17(28)13-15/h6-9,11-13,28H,3-5,10H2,1-2H3,(H2,24,29)(H,26,27). The molecule has 7 heteroatoms. The Morgan fingerprint density at radius 2 is 1.93 bits per heavy atom. The number of imidazole rings is 1. The number of phenolic OH excluding ortho intramolecular Hbond substituents is 1. The fourth-order valence-electron chi connectivity index (χ4n) is 3.32. The number of benzene rings is 1. The zero-order chi connectivity index (χ0) is 21.0. The summed E-state index contributed by atoms with van der Waals surface area (Å²) >= 11 is 5.97. The highest BCUT2D eigenvalue weighted by Gasteiger charge is 2.37. The molecule has 0 aliphatic carbocycles. The number of carbonyl (C=O) groups is 1. The molecule has 0 fully saturated rings. The molecule has 1 aromatic carbocycles. The van der Waals surface area contributed by atoms with Crippen LogP contribution in [0.1, 0.15) is 45.4 Å². The average Bonchev–Trinajstić information content (AvgIpc) is 3.16. The molecular formula is C22H25ClN4O2. The lowest BCUT2D eigenvalue weighted by molar-refractivity contribution is -0.123. The molecule has 0 radical (unpaired) electrons. The summed E-state index contributed by atoms with van der Waals surface area (Å²) in [5.41, 5.74) is 7.76. The molecule has 2 heterocycles. The van der Waals surface area contributed by atoms with Crippen LogP contribution in [0.4, 0.5) is 0 Å². The number of aromatic hydroxyl groups is 1. The molecule has 0 saturated carbocycles. The van der Waals surface area contributed by atoms with E-state index in [-0.39, 0.29) is 10.8 Å². The zero-order valence-corrected chi connectivity index (χ0v) is 17.3. The van der Waals surface area contributed by atoms with E-state index < -0.39 is 11.3 Å². The lowest BCUT2D eigenvalue weighted by Crippen LogP contribution is -2.39. The van der Waals surface area contributed by atoms with Gasteiger partial charge in [-0.15, -0.1) is 0 Å². The van der Waals surface area contributed by atoms with Crippen LogP contribution in [-0.4, -0.2) is 26.0 Å². The van der Waals surface area contributed by atoms with Crippen molar-refractivity contribution in [3.05, 3.63) is 53.6 Å². The van der Waals surface area contributed by atoms with Gasteiger partial charge in [0.15, 0.2) is 0 Å². The Morgan fingerprint density at radius 1 is 1.21 bits per heavy atom. The topological polar surface area (TPSA) is 105 Å². The normalized spacial score (nSPS) is 13.2. The number of H-pyrrole nitrogens is 1. The SMILES string of the molecule is CCCCCC(C)(C(N)=O)c1nc(-c2ccc(Cl)c(O)c2)c(-c2ccncc2)[nH]1. The molecular weight excluding hydrogens is 388 g/mol. The average molecular weight is 413 g/mol. The fraction of sp³-hybridized carbons (Fsp3) is 0.318. The smallest absolute Gasteiger partial charge is 0.230 e. The van der Waals surface area contributed by atoms with E-state index in [2.05, 4.69) is 16.9 Å². The molecule has 1 unspecified atom stereocenters. The number of rotatable bonds is 8. The molecule has 1 amide bonds. The van der Waals surface area contributed by atoms with Crippen molar-refractivity contribution in [2.75, 3.05) is 0 Å². The molecule has 0 aliphatic heterocycles. The number of unbranched alkanes of at least 4 members (excludes halogenated alkanes) is 2. The molecule has 0 bridgehead atoms. The zero-order valence-electron chi connectivity index (χ0n) is 16.6. The highest BCUT2D eigenvalue weighted by Crippen LogP contribution is 2.37. The van der Waals surface area contributed by atoms with Gasteiger partial charge in [0.2, 0.25) is 5.91 Å². The van der Waals surface area contributed by atoms with Gasteiger partial charge in [0.1, 0.15) is 17.0 Å². The van der Waals surface area contributed by atoms with Gasteiger partial charge in [-0.3, -0.25) is 9.78 Å². The summed E-state index contributed by atoms with van der Waals surface area (Å²) in [7, 11) is 0. The minimum absolute atomic E-state index is 0.0324. The molecule has 29 heavy (non-hydrogen) atoms. The third-order valence-electron chi connectivity index (χ3n) is 5.24. The first kappa shape index (κ1) is 20.9. The lowest BCUT2D eigenvalue weighted by atomic mass is 9.83. The summed E-state index contributed by atoms with van der Waals surface area (Å²) in [5.74, 6) is 0.0569. The maximum atomic E-state index is 12.4. The lowest BCUT2D eigenvalue weighted by Gasteiger charge is -2.23. The first-order valence-corrected chi connectivity index (χ1v) is 10.0. The summed E-state index contributed by atoms with van der Waals surface area (Å²) in [6.07, 6.45) is 6.91. The Morgan fingerprint density at radius 3 is 2.55 bits per heavy atom. The second-order valence-electron chi connectivity index (χ2n) is 7.36. The van der Waals surface area contributed by atoms with Crippen LogP contribution >= 0.6 is 11.6 Å². The van der Waals surface area contributed by atoms with E-state index in [1.807, 2.05) is 19.1 Å². The van der Waals surface area contributed by atoms with Crippen LogP contribution in [0.2, 0.25) is 5.02 Å². The molecule has 1 atom stereocenters. The Balaban J connectivity index is 2.16. The summed E-state index contributed by atoms with van der Waals surface area (Å²) in [6, 6.07) is 8.67. The minimum Gasteiger partial charge on any atom is -0.506 e. The van der Waals surface area contributed by atoms with Crippen molar-refractivity contribution in [3.8, 4) is 28.3 Å². The largest absolute Gasteiger partial charge is 0.506 e. The number of hydrogen-bond donors (Lipinski definition) is 3. The number of hydrogen-bond acceptors (Lipinski definition) is 4. The van der Waals surface area contributed by atoms with Crippen LogP contribution in [-0.2, 0) is 10.2 Å². The third kappa shape index (κ3) is 4.27. The second kappa shape index (κ2) is 8.66. The van der Waals surface area contributed by atoms with Crippen molar-refractivity contribution < 1.29 is 9.90 Å². The molecule has 0 aliphatic rings. The monoisotopic (exact) mass is 412 g/mol. The van der Waals surface area contributed by atoms with Crippen molar-refractivity contribution in [1.29, 1.82) is 0 Å². The summed E-state index contributed by atoms with van der Waals surface area (Å²) < 4.78 is 0. The van der Waals surface area contributed by atoms with Gasteiger partial charge in [-0.25, -0.2) is 4.98 Å². The first-order chi connectivity index (χ1) is 13.9. The van der Waals surface area contributed by atoms with Gasteiger partial charge >= 0.3 is 0 Å². The fourth-order valence-corrected chi connectivity index (χ4v) is 3.44. The van der Waals surface area contributed by atoms with Crippen LogP contribution in [0, 0.1) is 0 Å². The second-order valence-corrected chi connectivity index (χ2v) is 7.77. The molecule has 0 spiro atoms. The molecule has 6 nitrogen and oxygen atoms in total. The van der Waals surface area contributed by atoms with Crippen molar-refractivity contribution >= 4 is 17.5 Å². The number of carbonyl (C=O) groups excluding carboxylic acids is 1. The van der Waals surface area contributed by atoms with Crippen LogP contribution in [0.25, 0.3) is 22.5 Å². The number of aromatic amines is 1. The Hall–Kier alpha value is -2.86. The number of amides is 1. The Kier molecular flexibility index (Phi) is 6.23. The van der Waals surface area contributed by atoms with E-state index in [4.69, 9.17) is 22.3 Å². The van der Waals surface area contributed by atoms with Crippen molar-refractivity contribution in [3.63, 3.8) is 0 Å². The summed E-state index contributed by atoms with van der Waals surface area (Å²) in [4.78, 5) is 24.6. The van der Waals surface area contributed by atoms with E-state index >= 15 is 0 Å². The number of nitrogens with one attached hydrogen (secondary N) is 1. The molecule has 0 saturated heterocycles. The predicted octanol–water partition coefficient (Wildman–Crippen LogP) is 4.82. The van der Waals surface area contributed by atoms with Gasteiger partial charge in [-0.1, -0.05) is 43.9 Å². The quantitative estimate of drug-likeness (QED) is 0.461. The highest BCUT2D eigenvalue weighted by molar-refractivity contribution is 6.32. The van der Waals surface area contributed by atoms with E-state index in [9.17, 15) is 9.90 Å². The van der Waals surface area contributed by atoms with Crippen molar-refractivity contribution in [2.45, 2.75) is 44.9 Å². The van der Waals surface area contributed by atoms with Crippen LogP contribution in [0.15, 0.2) is 42.7 Å². The summed E-state index contributed by atoms with van der Waals surface area (Å²) in [6.45, 7) is 3.93. The number of pyridine rings is 1. The predicted molar refractivity (Wildman–Crippen MR) is 115 cm³/mol. The molecule has 4 N–H and O–H groups in total. The van der Waals surface area contributed by atoms with Gasteiger partial charge in [0.25, 0.3) is 0 Å². The number of nitrogens with zero attached hydrogens (tertiary/aromatic N) is 2. The molecule has 2 aromatic heterocycles. The number of halogens is 1. The van der Waals surface area contributed by atoms with Crippen molar-refractivity contribution in [2.24, 2.45) is 5.73 Å². The number of primary amides is 1. The summed E-state index contributed by atoms with van der Waals surface area (Å²) in [5, 5.41) is 10.3. The minimum atomic E-state index is -0.927. The van der Waals surface area contributed by atoms with Crippen LogP contribution in [0.5, 0.6) is 5.75 Å². The van der Waals surface area contributed by atoms with Gasteiger partial charge in [0.05, 0.1) is 16.4 Å². The van der Waals surface area contributed by atoms with E-state index in [1.54, 1.807) is 30.6 Å². The van der Waals surface area contributed by atoms with Crippen molar-refractivity contribution in [1.82, 2.24) is 15.0 Å². The maximum absolute atomic E-state index is 12.4. The number of phenols is 1. The number of aromatic nitrogens is 3. The van der Waals surface area contributed by atoms with E-state index in [0.29, 0.717) is 23.5 Å². The Labute approximate surface area is 175 Å². The third-order valence-corrected chi connectivity index (χ3v) is 5.56.